The van der Waals surface area contributed by atoms with Crippen molar-refractivity contribution in [1.82, 2.24) is 14.7 Å². The van der Waals surface area contributed by atoms with E-state index in [2.05, 4.69) is 40.2 Å². The highest BCUT2D eigenvalue weighted by Crippen LogP contribution is 2.30. The number of piperidine rings is 1. The number of anilines is 1. The number of hydrogen-bond donors (Lipinski definition) is 1. The van der Waals surface area contributed by atoms with Gasteiger partial charge in [0.15, 0.2) is 0 Å². The van der Waals surface area contributed by atoms with Crippen LogP contribution in [0, 0.1) is 11.3 Å². The number of aryl methyl sites for hydroxylation is 1. The molecular formula is C29H46N4O3. The van der Waals surface area contributed by atoms with Crippen LogP contribution in [0.3, 0.4) is 0 Å². The number of hydrogen-bond acceptors (Lipinski definition) is 4. The zero-order chi connectivity index (χ0) is 25.7. The topological polar surface area (TPSA) is 65.1 Å². The molecule has 0 aromatic heterocycles. The van der Waals surface area contributed by atoms with Crippen molar-refractivity contribution in [2.45, 2.75) is 72.3 Å². The summed E-state index contributed by atoms with van der Waals surface area (Å²) in [6.45, 7) is 14.8. The van der Waals surface area contributed by atoms with Gasteiger partial charge in [-0.15, -0.1) is 0 Å². The number of urea groups is 1. The van der Waals surface area contributed by atoms with Gasteiger partial charge in [0.05, 0.1) is 13.2 Å². The molecule has 2 saturated heterocycles. The van der Waals surface area contributed by atoms with E-state index in [0.717, 1.165) is 64.0 Å². The largest absolute Gasteiger partial charge is 0.378 e. The zero-order valence-electron chi connectivity index (χ0n) is 22.9. The van der Waals surface area contributed by atoms with Crippen molar-refractivity contribution in [3.05, 3.63) is 29.3 Å². The minimum absolute atomic E-state index is 0.0564. The van der Waals surface area contributed by atoms with Crippen molar-refractivity contribution in [3.63, 3.8) is 0 Å². The van der Waals surface area contributed by atoms with Crippen LogP contribution in [0.1, 0.15) is 64.5 Å². The number of nitrogens with one attached hydrogen (secondary N) is 1. The Morgan fingerprint density at radius 3 is 2.39 bits per heavy atom. The fourth-order valence-electron chi connectivity index (χ4n) is 5.75. The van der Waals surface area contributed by atoms with E-state index in [4.69, 9.17) is 4.74 Å². The molecule has 0 saturated carbocycles. The summed E-state index contributed by atoms with van der Waals surface area (Å²) in [5.41, 5.74) is 3.31. The molecular weight excluding hydrogens is 452 g/mol. The van der Waals surface area contributed by atoms with Gasteiger partial charge in [0.25, 0.3) is 0 Å². The average Bonchev–Trinajstić information content (AvgIpc) is 2.88. The van der Waals surface area contributed by atoms with Crippen molar-refractivity contribution in [2.24, 2.45) is 11.3 Å². The first-order valence-corrected chi connectivity index (χ1v) is 14.0. The number of amides is 3. The van der Waals surface area contributed by atoms with E-state index in [0.29, 0.717) is 38.3 Å². The summed E-state index contributed by atoms with van der Waals surface area (Å²) in [7, 11) is 0. The number of fused-ring (bicyclic) bond motifs is 1. The van der Waals surface area contributed by atoms with Crippen LogP contribution in [-0.2, 0) is 22.4 Å². The molecule has 1 aromatic rings. The molecule has 1 unspecified atom stereocenters. The third-order valence-electron chi connectivity index (χ3n) is 8.03. The fourth-order valence-corrected chi connectivity index (χ4v) is 5.75. The molecule has 3 aliphatic rings. The van der Waals surface area contributed by atoms with Crippen LogP contribution in [0.5, 0.6) is 0 Å². The minimum Gasteiger partial charge on any atom is -0.378 e. The molecule has 7 heteroatoms. The first-order valence-electron chi connectivity index (χ1n) is 14.0. The first kappa shape index (κ1) is 26.9. The van der Waals surface area contributed by atoms with E-state index in [1.807, 2.05) is 25.7 Å². The Morgan fingerprint density at radius 1 is 1.03 bits per heavy atom. The molecule has 0 spiro atoms. The van der Waals surface area contributed by atoms with Gasteiger partial charge in [0, 0.05) is 49.9 Å². The molecule has 0 radical (unpaired) electrons. The monoisotopic (exact) mass is 498 g/mol. The lowest BCUT2D eigenvalue weighted by molar-refractivity contribution is -0.123. The average molecular weight is 499 g/mol. The fraction of sp³-hybridized carbons (Fsp3) is 0.724. The summed E-state index contributed by atoms with van der Waals surface area (Å²) < 4.78 is 5.40. The van der Waals surface area contributed by atoms with Crippen LogP contribution in [0.15, 0.2) is 18.2 Å². The lowest BCUT2D eigenvalue weighted by Gasteiger charge is -2.41. The van der Waals surface area contributed by atoms with Crippen molar-refractivity contribution in [3.8, 4) is 0 Å². The molecule has 1 atom stereocenters. The lowest BCUT2D eigenvalue weighted by Crippen LogP contribution is -2.51. The number of ether oxygens (including phenoxy) is 1. The number of rotatable bonds is 6. The van der Waals surface area contributed by atoms with Gasteiger partial charge in [0.2, 0.25) is 5.91 Å². The highest BCUT2D eigenvalue weighted by molar-refractivity contribution is 5.94. The molecule has 2 heterocycles. The molecule has 2 fully saturated rings. The lowest BCUT2D eigenvalue weighted by atomic mass is 9.86. The van der Waals surface area contributed by atoms with Gasteiger partial charge in [-0.3, -0.25) is 9.69 Å². The van der Waals surface area contributed by atoms with Crippen LogP contribution in [-0.4, -0.2) is 85.2 Å². The molecule has 1 N–H and O–H groups in total. The van der Waals surface area contributed by atoms with Gasteiger partial charge in [-0.05, 0) is 74.2 Å². The number of nitrogens with zero attached hydrogens (tertiary/aromatic N) is 3. The quantitative estimate of drug-likeness (QED) is 0.631. The van der Waals surface area contributed by atoms with Crippen LogP contribution in [0.25, 0.3) is 0 Å². The Hall–Kier alpha value is -2.12. The van der Waals surface area contributed by atoms with Gasteiger partial charge in [-0.25, -0.2) is 4.79 Å². The second-order valence-corrected chi connectivity index (χ2v) is 11.9. The molecule has 1 aliphatic carbocycles. The van der Waals surface area contributed by atoms with Gasteiger partial charge in [-0.2, -0.15) is 0 Å². The number of benzene rings is 1. The zero-order valence-corrected chi connectivity index (χ0v) is 22.9. The smallest absolute Gasteiger partial charge is 0.320 e. The predicted octanol–water partition coefficient (Wildman–Crippen LogP) is 4.40. The molecule has 36 heavy (non-hydrogen) atoms. The number of morpholine rings is 1. The second-order valence-electron chi connectivity index (χ2n) is 11.9. The Balaban J connectivity index is 1.33. The molecule has 1 aromatic carbocycles. The second kappa shape index (κ2) is 12.0. The van der Waals surface area contributed by atoms with Gasteiger partial charge in [-0.1, -0.05) is 33.8 Å². The maximum atomic E-state index is 12.9. The van der Waals surface area contributed by atoms with Crippen LogP contribution in [0.4, 0.5) is 10.5 Å². The summed E-state index contributed by atoms with van der Waals surface area (Å²) >= 11 is 0. The molecule has 4 rings (SSSR count). The maximum Gasteiger partial charge on any atom is 0.320 e. The molecule has 3 amide bonds. The highest BCUT2D eigenvalue weighted by Gasteiger charge is 2.31. The van der Waals surface area contributed by atoms with Gasteiger partial charge >= 0.3 is 6.03 Å². The van der Waals surface area contributed by atoms with E-state index in [9.17, 15) is 9.59 Å². The maximum absolute atomic E-state index is 12.9. The third-order valence-corrected chi connectivity index (χ3v) is 8.03. The summed E-state index contributed by atoms with van der Waals surface area (Å²) in [5, 5.41) is 3.11. The summed E-state index contributed by atoms with van der Waals surface area (Å²) in [5.74, 6) is 0.699. The first-order chi connectivity index (χ1) is 17.2. The standard InChI is InChI=1S/C29H46N4O3/c1-5-12-33(21-22-10-13-31(14-11-22)28(35)32-15-17-36-18-16-32)26-9-7-23-6-8-25(19-24(23)20-26)30-27(34)29(2,3)4/h6,8,19,22,26H,5,7,9-18,20-21H2,1-4H3,(H,30,34). The Bertz CT molecular complexity index is 898. The van der Waals surface area contributed by atoms with Gasteiger partial charge in [0.1, 0.15) is 0 Å². The van der Waals surface area contributed by atoms with Crippen molar-refractivity contribution in [1.29, 1.82) is 0 Å². The Morgan fingerprint density at radius 2 is 1.72 bits per heavy atom. The van der Waals surface area contributed by atoms with Crippen molar-refractivity contribution < 1.29 is 14.3 Å². The summed E-state index contributed by atoms with van der Waals surface area (Å²) in [4.78, 5) is 32.1. The summed E-state index contributed by atoms with van der Waals surface area (Å²) in [6, 6.07) is 7.19. The van der Waals surface area contributed by atoms with E-state index in [-0.39, 0.29) is 11.9 Å². The minimum atomic E-state index is -0.404. The highest BCUT2D eigenvalue weighted by atomic mass is 16.5. The summed E-state index contributed by atoms with van der Waals surface area (Å²) in [6.07, 6.45) is 6.66. The third kappa shape index (κ3) is 6.80. The SMILES string of the molecule is CCCN(CC1CCN(C(=O)N2CCOCC2)CC1)C1CCc2ccc(NC(=O)C(C)(C)C)cc2C1. The number of carbonyl (C=O) groups excluding carboxylic acids is 2. The van der Waals surface area contributed by atoms with Crippen LogP contribution in [0.2, 0.25) is 0 Å². The van der Waals surface area contributed by atoms with Crippen molar-refractivity contribution >= 4 is 17.6 Å². The van der Waals surface area contributed by atoms with E-state index in [1.54, 1.807) is 0 Å². The molecule has 0 bridgehead atoms. The number of likely N-dealkylation sites (tertiary alicyclic amines) is 1. The van der Waals surface area contributed by atoms with E-state index < -0.39 is 5.41 Å². The molecule has 2 aliphatic heterocycles. The molecule has 7 nitrogen and oxygen atoms in total. The number of carbonyl (C=O) groups is 2. The molecule has 200 valence electrons. The van der Waals surface area contributed by atoms with Crippen molar-refractivity contribution in [2.75, 3.05) is 57.8 Å². The Labute approximate surface area is 217 Å². The van der Waals surface area contributed by atoms with Crippen LogP contribution < -0.4 is 5.32 Å². The van der Waals surface area contributed by atoms with E-state index >= 15 is 0 Å². The van der Waals surface area contributed by atoms with Gasteiger partial charge < -0.3 is 19.9 Å². The predicted molar refractivity (Wildman–Crippen MR) is 144 cm³/mol. The normalized spacial score (nSPS) is 21.4. The van der Waals surface area contributed by atoms with Crippen LogP contribution >= 0.6 is 0 Å². The Kier molecular flexibility index (Phi) is 8.94. The van der Waals surface area contributed by atoms with E-state index in [1.165, 1.54) is 17.5 Å².